The Morgan fingerprint density at radius 2 is 2.17 bits per heavy atom. The quantitative estimate of drug-likeness (QED) is 0.480. The van der Waals surface area contributed by atoms with E-state index in [2.05, 4.69) is 11.9 Å². The van der Waals surface area contributed by atoms with Crippen LogP contribution in [0.15, 0.2) is 12.2 Å². The van der Waals surface area contributed by atoms with Crippen LogP contribution in [0, 0.1) is 0 Å². The number of carbonyl (C=O) groups is 1. The Balaban J connectivity index is 3.20. The van der Waals surface area contributed by atoms with Crippen LogP contribution in [0.4, 0.5) is 0 Å². The van der Waals surface area contributed by atoms with Crippen molar-refractivity contribution in [1.82, 2.24) is 5.32 Å². The highest BCUT2D eigenvalue weighted by Gasteiger charge is 1.98. The Hall–Kier alpha value is -0.830. The maximum Gasteiger partial charge on any atom is 0.246 e. The van der Waals surface area contributed by atoms with E-state index in [0.29, 0.717) is 18.7 Å². The first-order chi connectivity index (χ1) is 5.68. The van der Waals surface area contributed by atoms with Gasteiger partial charge in [0.1, 0.15) is 0 Å². The lowest BCUT2D eigenvalue weighted by atomic mass is 10.3. The van der Waals surface area contributed by atoms with Crippen LogP contribution in [-0.2, 0) is 9.53 Å². The third-order valence-electron chi connectivity index (χ3n) is 1.27. The standard InChI is InChI=1S/C9H17NO2/c1-4-6-12-7-5-10-9(11)8(2)3/h2,4-7H2,1,3H3,(H,10,11). The summed E-state index contributed by atoms with van der Waals surface area (Å²) >= 11 is 0. The number of carbonyl (C=O) groups excluding carboxylic acids is 1. The fourth-order valence-corrected chi connectivity index (χ4v) is 0.634. The van der Waals surface area contributed by atoms with Gasteiger partial charge in [0.2, 0.25) is 5.91 Å². The Morgan fingerprint density at radius 3 is 2.67 bits per heavy atom. The minimum atomic E-state index is -0.102. The predicted molar refractivity (Wildman–Crippen MR) is 48.9 cm³/mol. The summed E-state index contributed by atoms with van der Waals surface area (Å²) in [5.41, 5.74) is 0.533. The van der Waals surface area contributed by atoms with Gasteiger partial charge < -0.3 is 10.1 Å². The molecule has 0 bridgehead atoms. The molecule has 0 rings (SSSR count). The molecule has 0 saturated carbocycles. The lowest BCUT2D eigenvalue weighted by molar-refractivity contribution is -0.117. The van der Waals surface area contributed by atoms with Crippen molar-refractivity contribution in [3.63, 3.8) is 0 Å². The first-order valence-electron chi connectivity index (χ1n) is 4.20. The molecule has 3 nitrogen and oxygen atoms in total. The summed E-state index contributed by atoms with van der Waals surface area (Å²) in [5, 5.41) is 2.68. The van der Waals surface area contributed by atoms with Crippen molar-refractivity contribution >= 4 is 5.91 Å². The molecule has 0 aromatic heterocycles. The second-order valence-corrected chi connectivity index (χ2v) is 2.65. The minimum absolute atomic E-state index is 0.102. The van der Waals surface area contributed by atoms with Gasteiger partial charge in [0.15, 0.2) is 0 Å². The van der Waals surface area contributed by atoms with E-state index in [1.165, 1.54) is 0 Å². The fraction of sp³-hybridized carbons (Fsp3) is 0.667. The van der Waals surface area contributed by atoms with Crippen LogP contribution in [-0.4, -0.2) is 25.7 Å². The Bertz CT molecular complexity index is 155. The van der Waals surface area contributed by atoms with Gasteiger partial charge in [-0.2, -0.15) is 0 Å². The normalized spacial score (nSPS) is 9.50. The van der Waals surface area contributed by atoms with Crippen molar-refractivity contribution in [2.24, 2.45) is 0 Å². The Kier molecular flexibility index (Phi) is 6.38. The van der Waals surface area contributed by atoms with Crippen LogP contribution >= 0.6 is 0 Å². The molecule has 12 heavy (non-hydrogen) atoms. The molecule has 1 amide bonds. The van der Waals surface area contributed by atoms with Crippen LogP contribution in [0.1, 0.15) is 20.3 Å². The summed E-state index contributed by atoms with van der Waals surface area (Å²) in [7, 11) is 0. The molecule has 70 valence electrons. The zero-order valence-corrected chi connectivity index (χ0v) is 7.85. The molecular weight excluding hydrogens is 154 g/mol. The van der Waals surface area contributed by atoms with Gasteiger partial charge in [0.25, 0.3) is 0 Å². The van der Waals surface area contributed by atoms with Gasteiger partial charge in [0, 0.05) is 18.7 Å². The van der Waals surface area contributed by atoms with Crippen molar-refractivity contribution in [3.8, 4) is 0 Å². The molecule has 3 heteroatoms. The fourth-order valence-electron chi connectivity index (χ4n) is 0.634. The summed E-state index contributed by atoms with van der Waals surface area (Å²) in [6.45, 7) is 9.14. The van der Waals surface area contributed by atoms with Crippen LogP contribution in [0.3, 0.4) is 0 Å². The van der Waals surface area contributed by atoms with Crippen molar-refractivity contribution < 1.29 is 9.53 Å². The molecule has 0 atom stereocenters. The monoisotopic (exact) mass is 171 g/mol. The number of amides is 1. The molecule has 0 unspecified atom stereocenters. The van der Waals surface area contributed by atoms with Gasteiger partial charge in [0.05, 0.1) is 6.61 Å². The molecule has 0 aromatic carbocycles. The number of hydrogen-bond acceptors (Lipinski definition) is 2. The molecule has 0 aliphatic heterocycles. The van der Waals surface area contributed by atoms with E-state index in [0.717, 1.165) is 13.0 Å². The first-order valence-corrected chi connectivity index (χ1v) is 4.20. The SMILES string of the molecule is C=C(C)C(=O)NCCOCCC. The zero-order valence-electron chi connectivity index (χ0n) is 7.85. The maximum absolute atomic E-state index is 10.9. The second kappa shape index (κ2) is 6.85. The van der Waals surface area contributed by atoms with Crippen molar-refractivity contribution in [1.29, 1.82) is 0 Å². The third-order valence-corrected chi connectivity index (χ3v) is 1.27. The number of hydrogen-bond donors (Lipinski definition) is 1. The minimum Gasteiger partial charge on any atom is -0.380 e. The largest absolute Gasteiger partial charge is 0.380 e. The topological polar surface area (TPSA) is 38.3 Å². The smallest absolute Gasteiger partial charge is 0.246 e. The number of ether oxygens (including phenoxy) is 1. The molecular formula is C9H17NO2. The molecule has 0 saturated heterocycles. The average Bonchev–Trinajstić information content (AvgIpc) is 2.03. The van der Waals surface area contributed by atoms with Crippen molar-refractivity contribution in [2.45, 2.75) is 20.3 Å². The number of nitrogens with one attached hydrogen (secondary N) is 1. The highest BCUT2D eigenvalue weighted by molar-refractivity contribution is 5.91. The molecule has 0 fully saturated rings. The molecule has 0 heterocycles. The summed E-state index contributed by atoms with van der Waals surface area (Å²) in [4.78, 5) is 10.9. The van der Waals surface area contributed by atoms with Gasteiger partial charge in [-0.15, -0.1) is 0 Å². The Morgan fingerprint density at radius 1 is 1.50 bits per heavy atom. The van der Waals surface area contributed by atoms with Crippen LogP contribution < -0.4 is 5.32 Å². The summed E-state index contributed by atoms with van der Waals surface area (Å²) < 4.78 is 5.17. The highest BCUT2D eigenvalue weighted by atomic mass is 16.5. The van der Waals surface area contributed by atoms with Crippen LogP contribution in [0.25, 0.3) is 0 Å². The third kappa shape index (κ3) is 5.92. The molecule has 0 aliphatic carbocycles. The lowest BCUT2D eigenvalue weighted by Gasteiger charge is -2.04. The first kappa shape index (κ1) is 11.2. The predicted octanol–water partition coefficient (Wildman–Crippen LogP) is 1.11. The van der Waals surface area contributed by atoms with Gasteiger partial charge in [-0.1, -0.05) is 13.5 Å². The van der Waals surface area contributed by atoms with Gasteiger partial charge in [-0.05, 0) is 13.3 Å². The average molecular weight is 171 g/mol. The molecule has 0 radical (unpaired) electrons. The summed E-state index contributed by atoms with van der Waals surface area (Å²) in [5.74, 6) is -0.102. The number of rotatable bonds is 6. The van der Waals surface area contributed by atoms with E-state index in [9.17, 15) is 4.79 Å². The van der Waals surface area contributed by atoms with Gasteiger partial charge >= 0.3 is 0 Å². The van der Waals surface area contributed by atoms with E-state index in [1.54, 1.807) is 6.92 Å². The van der Waals surface area contributed by atoms with Gasteiger partial charge in [-0.3, -0.25) is 4.79 Å². The van der Waals surface area contributed by atoms with E-state index in [1.807, 2.05) is 6.92 Å². The molecule has 1 N–H and O–H groups in total. The van der Waals surface area contributed by atoms with E-state index < -0.39 is 0 Å². The zero-order chi connectivity index (χ0) is 9.40. The molecule has 0 spiro atoms. The van der Waals surface area contributed by atoms with E-state index in [4.69, 9.17) is 4.74 Å². The maximum atomic E-state index is 10.9. The van der Waals surface area contributed by atoms with E-state index >= 15 is 0 Å². The highest BCUT2D eigenvalue weighted by Crippen LogP contribution is 1.85. The Labute approximate surface area is 73.8 Å². The lowest BCUT2D eigenvalue weighted by Crippen LogP contribution is -2.27. The molecule has 0 aromatic rings. The summed E-state index contributed by atoms with van der Waals surface area (Å²) in [6, 6.07) is 0. The van der Waals surface area contributed by atoms with Gasteiger partial charge in [-0.25, -0.2) is 0 Å². The van der Waals surface area contributed by atoms with Crippen molar-refractivity contribution in [2.75, 3.05) is 19.8 Å². The van der Waals surface area contributed by atoms with Crippen LogP contribution in [0.5, 0.6) is 0 Å². The second-order valence-electron chi connectivity index (χ2n) is 2.65. The van der Waals surface area contributed by atoms with Crippen LogP contribution in [0.2, 0.25) is 0 Å². The van der Waals surface area contributed by atoms with E-state index in [-0.39, 0.29) is 5.91 Å². The van der Waals surface area contributed by atoms with Crippen molar-refractivity contribution in [3.05, 3.63) is 12.2 Å². The molecule has 0 aliphatic rings. The summed E-state index contributed by atoms with van der Waals surface area (Å²) in [6.07, 6.45) is 1.01.